The summed E-state index contributed by atoms with van der Waals surface area (Å²) in [7, 11) is 3.61. The molecular formula is C30H30F3N7OS. The lowest BCUT2D eigenvalue weighted by Crippen LogP contribution is -2.18. The van der Waals surface area contributed by atoms with Crippen LogP contribution in [-0.2, 0) is 6.42 Å². The molecule has 42 heavy (non-hydrogen) atoms. The number of hydrazone groups is 1. The predicted molar refractivity (Wildman–Crippen MR) is 163 cm³/mol. The highest BCUT2D eigenvalue weighted by atomic mass is 32.1. The van der Waals surface area contributed by atoms with Gasteiger partial charge < -0.3 is 9.64 Å². The van der Waals surface area contributed by atoms with Crippen LogP contribution in [0.2, 0.25) is 0 Å². The van der Waals surface area contributed by atoms with Crippen LogP contribution in [-0.4, -0.2) is 57.7 Å². The number of thiocarbonyl (C=S) groups is 1. The van der Waals surface area contributed by atoms with Gasteiger partial charge in [-0.25, -0.2) is 4.99 Å². The van der Waals surface area contributed by atoms with Crippen molar-refractivity contribution in [3.8, 4) is 22.8 Å². The first kappa shape index (κ1) is 30.4. The second kappa shape index (κ2) is 13.4. The van der Waals surface area contributed by atoms with E-state index in [2.05, 4.69) is 56.3 Å². The van der Waals surface area contributed by atoms with Crippen molar-refractivity contribution in [2.45, 2.75) is 32.5 Å². The van der Waals surface area contributed by atoms with Crippen molar-refractivity contribution < 1.29 is 17.9 Å². The molecule has 0 amide bonds. The van der Waals surface area contributed by atoms with E-state index in [0.29, 0.717) is 28.8 Å². The predicted octanol–water partition coefficient (Wildman–Crippen LogP) is 6.67. The van der Waals surface area contributed by atoms with Crippen LogP contribution >= 0.6 is 12.2 Å². The highest BCUT2D eigenvalue weighted by Gasteiger charge is 2.31. The standard InChI is InChI=1S/C30H30F3N7OS/c1-20(2)26-8-6-5-7-23(26)17-27(42)37-35-18-21-9-11-22(12-10-21)28-36-29(34-19-39(3)4)40(38-28)24-13-15-25(16-14-24)41-30(31,32)33/h5-16,18-20H,17H2,1-4H3,(H,37,42). The molecule has 12 heteroatoms. The molecule has 0 unspecified atom stereocenters. The topological polar surface area (TPSA) is 79.9 Å². The summed E-state index contributed by atoms with van der Waals surface area (Å²) in [6.07, 6.45) is -0.940. The molecule has 8 nitrogen and oxygen atoms in total. The van der Waals surface area contributed by atoms with Crippen molar-refractivity contribution in [2.75, 3.05) is 14.1 Å². The summed E-state index contributed by atoms with van der Waals surface area (Å²) in [5.74, 6) is 0.715. The Morgan fingerprint density at radius 2 is 1.74 bits per heavy atom. The number of benzene rings is 3. The zero-order valence-electron chi connectivity index (χ0n) is 23.5. The van der Waals surface area contributed by atoms with Crippen molar-refractivity contribution in [1.82, 2.24) is 25.1 Å². The molecule has 1 aromatic heterocycles. The third-order valence-electron chi connectivity index (χ3n) is 5.91. The maximum atomic E-state index is 12.6. The molecule has 0 aliphatic heterocycles. The number of rotatable bonds is 10. The number of hydrogen-bond donors (Lipinski definition) is 1. The first-order valence-electron chi connectivity index (χ1n) is 13.0. The zero-order valence-corrected chi connectivity index (χ0v) is 24.3. The van der Waals surface area contributed by atoms with Crippen molar-refractivity contribution in [2.24, 2.45) is 10.1 Å². The van der Waals surface area contributed by atoms with Gasteiger partial charge in [0.1, 0.15) is 10.7 Å². The number of halogens is 3. The Morgan fingerprint density at radius 3 is 2.38 bits per heavy atom. The second-order valence-electron chi connectivity index (χ2n) is 9.84. The van der Waals surface area contributed by atoms with Gasteiger partial charge in [0.2, 0.25) is 0 Å². The van der Waals surface area contributed by atoms with E-state index in [0.717, 1.165) is 11.1 Å². The van der Waals surface area contributed by atoms with Gasteiger partial charge in [0, 0.05) is 26.1 Å². The van der Waals surface area contributed by atoms with E-state index in [1.165, 1.54) is 40.1 Å². The highest BCUT2D eigenvalue weighted by molar-refractivity contribution is 7.80. The quantitative estimate of drug-likeness (QED) is 0.0958. The van der Waals surface area contributed by atoms with E-state index in [1.54, 1.807) is 31.5 Å². The number of alkyl halides is 3. The summed E-state index contributed by atoms with van der Waals surface area (Å²) in [6, 6.07) is 21.0. The minimum Gasteiger partial charge on any atom is -0.406 e. The van der Waals surface area contributed by atoms with Gasteiger partial charge in [-0.15, -0.1) is 18.3 Å². The monoisotopic (exact) mass is 593 g/mol. The molecule has 1 N–H and O–H groups in total. The highest BCUT2D eigenvalue weighted by Crippen LogP contribution is 2.27. The van der Waals surface area contributed by atoms with Crippen molar-refractivity contribution in [3.05, 3.63) is 89.5 Å². The minimum absolute atomic E-state index is 0.255. The third kappa shape index (κ3) is 8.46. The van der Waals surface area contributed by atoms with Crippen LogP contribution < -0.4 is 10.2 Å². The van der Waals surface area contributed by atoms with E-state index in [-0.39, 0.29) is 11.7 Å². The lowest BCUT2D eigenvalue weighted by molar-refractivity contribution is -0.274. The van der Waals surface area contributed by atoms with Gasteiger partial charge in [0.05, 0.1) is 18.2 Å². The van der Waals surface area contributed by atoms with E-state index in [9.17, 15) is 13.2 Å². The molecule has 0 saturated carbocycles. The van der Waals surface area contributed by atoms with Crippen LogP contribution in [0.4, 0.5) is 19.1 Å². The van der Waals surface area contributed by atoms with Crippen LogP contribution in [0.15, 0.2) is 82.9 Å². The Bertz CT molecular complexity index is 1560. The molecule has 4 rings (SSSR count). The molecule has 4 aromatic rings. The number of aliphatic imine (C=N–C) groups is 1. The molecule has 3 aromatic carbocycles. The third-order valence-corrected chi connectivity index (χ3v) is 6.14. The molecule has 1 heterocycles. The molecule has 0 saturated heterocycles. The number of nitrogens with one attached hydrogen (secondary N) is 1. The van der Waals surface area contributed by atoms with E-state index in [1.807, 2.05) is 36.4 Å². The number of aromatic nitrogens is 3. The molecule has 0 fully saturated rings. The Labute approximate surface area is 247 Å². The summed E-state index contributed by atoms with van der Waals surface area (Å²) in [5, 5.41) is 8.84. The van der Waals surface area contributed by atoms with Crippen molar-refractivity contribution in [1.29, 1.82) is 0 Å². The van der Waals surface area contributed by atoms with Crippen LogP contribution in [0.3, 0.4) is 0 Å². The maximum absolute atomic E-state index is 12.6. The maximum Gasteiger partial charge on any atom is 0.573 e. The van der Waals surface area contributed by atoms with Gasteiger partial charge in [0.15, 0.2) is 5.82 Å². The fourth-order valence-electron chi connectivity index (χ4n) is 4.01. The SMILES string of the molecule is CC(C)c1ccccc1CC(=S)NN=Cc1ccc(-c2nc(N=CN(C)C)n(-c3ccc(OC(F)(F)F)cc3)n2)cc1. The van der Waals surface area contributed by atoms with Crippen molar-refractivity contribution >= 4 is 35.7 Å². The molecule has 0 atom stereocenters. The van der Waals surface area contributed by atoms with Crippen LogP contribution in [0.25, 0.3) is 17.1 Å². The Balaban J connectivity index is 1.47. The summed E-state index contributed by atoms with van der Waals surface area (Å²) in [6.45, 7) is 4.31. The molecule has 218 valence electrons. The average Bonchev–Trinajstić information content (AvgIpc) is 3.36. The fraction of sp³-hybridized carbons (Fsp3) is 0.233. The number of nitrogens with zero attached hydrogens (tertiary/aromatic N) is 6. The lowest BCUT2D eigenvalue weighted by atomic mass is 9.95. The summed E-state index contributed by atoms with van der Waals surface area (Å²) >= 11 is 5.49. The summed E-state index contributed by atoms with van der Waals surface area (Å²) in [5.41, 5.74) is 7.41. The molecule has 0 bridgehead atoms. The number of ether oxygens (including phenoxy) is 1. The van der Waals surface area contributed by atoms with E-state index >= 15 is 0 Å². The normalized spacial score (nSPS) is 11.9. The van der Waals surface area contributed by atoms with Crippen LogP contribution in [0.5, 0.6) is 5.75 Å². The van der Waals surface area contributed by atoms with Gasteiger partial charge in [-0.1, -0.05) is 74.6 Å². The molecule has 0 aliphatic rings. The van der Waals surface area contributed by atoms with Gasteiger partial charge >= 0.3 is 6.36 Å². The van der Waals surface area contributed by atoms with Crippen molar-refractivity contribution in [3.63, 3.8) is 0 Å². The van der Waals surface area contributed by atoms with Gasteiger partial charge in [0.25, 0.3) is 5.95 Å². The van der Waals surface area contributed by atoms with Gasteiger partial charge in [-0.2, -0.15) is 14.8 Å². The largest absolute Gasteiger partial charge is 0.573 e. The first-order valence-corrected chi connectivity index (χ1v) is 13.4. The fourth-order valence-corrected chi connectivity index (χ4v) is 4.22. The summed E-state index contributed by atoms with van der Waals surface area (Å²) in [4.78, 5) is 11.3. The summed E-state index contributed by atoms with van der Waals surface area (Å²) < 4.78 is 43.1. The molecule has 0 spiro atoms. The Kier molecular flexibility index (Phi) is 9.68. The average molecular weight is 594 g/mol. The van der Waals surface area contributed by atoms with Crippen LogP contribution in [0.1, 0.15) is 36.5 Å². The lowest BCUT2D eigenvalue weighted by Gasteiger charge is -2.12. The first-order chi connectivity index (χ1) is 20.0. The minimum atomic E-state index is -4.78. The second-order valence-corrected chi connectivity index (χ2v) is 10.3. The zero-order chi connectivity index (χ0) is 30.3. The molecule has 0 radical (unpaired) electrons. The Hall–Kier alpha value is -4.58. The smallest absolute Gasteiger partial charge is 0.406 e. The Morgan fingerprint density at radius 1 is 1.05 bits per heavy atom. The van der Waals surface area contributed by atoms with Crippen LogP contribution in [0, 0.1) is 0 Å². The number of hydrogen-bond acceptors (Lipinski definition) is 6. The van der Waals surface area contributed by atoms with Gasteiger partial charge in [-0.3, -0.25) is 5.43 Å². The molecule has 0 aliphatic carbocycles. The van der Waals surface area contributed by atoms with Gasteiger partial charge in [-0.05, 0) is 46.9 Å². The van der Waals surface area contributed by atoms with E-state index in [4.69, 9.17) is 12.2 Å². The molecular weight excluding hydrogens is 563 g/mol. The van der Waals surface area contributed by atoms with E-state index < -0.39 is 6.36 Å².